The van der Waals surface area contributed by atoms with E-state index in [1.165, 1.54) is 94.6 Å². The Hall–Kier alpha value is -5.53. The number of hydrogen-bond donors (Lipinski definition) is 0. The van der Waals surface area contributed by atoms with Gasteiger partial charge in [0.25, 0.3) is 0 Å². The second kappa shape index (κ2) is 9.48. The molecule has 0 saturated carbocycles. The van der Waals surface area contributed by atoms with Crippen molar-refractivity contribution in [2.45, 2.75) is 19.3 Å². The maximum absolute atomic E-state index is 5.26. The Morgan fingerprint density at radius 2 is 0.689 bits per heavy atom. The van der Waals surface area contributed by atoms with Crippen LogP contribution in [0.25, 0.3) is 66.9 Å². The Balaban J connectivity index is 1.26. The van der Waals surface area contributed by atoms with Crippen molar-refractivity contribution >= 4 is 0 Å². The molecular formula is C44H29N. The molecule has 0 bridgehead atoms. The van der Waals surface area contributed by atoms with Crippen LogP contribution in [0.15, 0.2) is 140 Å². The monoisotopic (exact) mass is 571 g/mol. The summed E-state index contributed by atoms with van der Waals surface area (Å²) in [6.07, 6.45) is 4.86. The molecule has 1 aromatic heterocycles. The van der Waals surface area contributed by atoms with E-state index in [1.807, 2.05) is 6.20 Å². The molecule has 7 aromatic rings. The van der Waals surface area contributed by atoms with Crippen molar-refractivity contribution in [2.24, 2.45) is 0 Å². The van der Waals surface area contributed by atoms with Gasteiger partial charge in [-0.3, -0.25) is 4.98 Å². The second-order valence-electron chi connectivity index (χ2n) is 12.6. The van der Waals surface area contributed by atoms with Crippen LogP contribution in [0, 0.1) is 0 Å². The first-order valence-corrected chi connectivity index (χ1v) is 15.9. The van der Waals surface area contributed by atoms with E-state index < -0.39 is 0 Å². The Labute approximate surface area is 263 Å². The molecule has 3 aliphatic rings. The molecule has 0 spiro atoms. The molecule has 10 rings (SSSR count). The average molecular weight is 572 g/mol. The molecule has 0 atom stereocenters. The van der Waals surface area contributed by atoms with Crippen molar-refractivity contribution < 1.29 is 0 Å². The lowest BCUT2D eigenvalue weighted by atomic mass is 9.84. The van der Waals surface area contributed by atoms with Crippen LogP contribution in [-0.2, 0) is 19.3 Å². The number of rotatable bonds is 3. The second-order valence-corrected chi connectivity index (χ2v) is 12.6. The SMILES string of the molecule is c1ccc2c(c1)Cc1c-2cccc1-c1ccnc(-c2cccc3c2Cc2ccccc2-3)c1-c1cccc2c1Cc1ccccc1-2. The number of pyridine rings is 1. The lowest BCUT2D eigenvalue weighted by Gasteiger charge is -2.21. The summed E-state index contributed by atoms with van der Waals surface area (Å²) in [5.41, 5.74) is 23.9. The van der Waals surface area contributed by atoms with E-state index in [2.05, 4.69) is 133 Å². The fraction of sp³-hybridized carbons (Fsp3) is 0.0682. The summed E-state index contributed by atoms with van der Waals surface area (Å²) in [5, 5.41) is 0. The van der Waals surface area contributed by atoms with Crippen LogP contribution in [0.2, 0.25) is 0 Å². The van der Waals surface area contributed by atoms with Gasteiger partial charge in [-0.1, -0.05) is 127 Å². The summed E-state index contributed by atoms with van der Waals surface area (Å²) >= 11 is 0. The predicted octanol–water partition coefficient (Wildman–Crippen LogP) is 10.8. The lowest BCUT2D eigenvalue weighted by molar-refractivity contribution is 1.23. The van der Waals surface area contributed by atoms with E-state index in [0.717, 1.165) is 25.0 Å². The van der Waals surface area contributed by atoms with Gasteiger partial charge >= 0.3 is 0 Å². The standard InChI is InChI=1S/C44H29N/c1-4-13-30-27(10-1)24-40-33(30)16-7-19-36(40)38-22-23-45-44(39-21-9-18-35-32-15-6-3-12-29(32)26-42(35)39)43(38)37-20-8-17-34-31-14-5-2-11-28(31)25-41(34)37/h1-23H,24-26H2. The van der Waals surface area contributed by atoms with Gasteiger partial charge in [0.1, 0.15) is 0 Å². The topological polar surface area (TPSA) is 12.9 Å². The van der Waals surface area contributed by atoms with Gasteiger partial charge < -0.3 is 0 Å². The zero-order valence-corrected chi connectivity index (χ0v) is 24.8. The Morgan fingerprint density at radius 3 is 1.22 bits per heavy atom. The number of aromatic nitrogens is 1. The Morgan fingerprint density at radius 1 is 0.311 bits per heavy atom. The molecule has 0 radical (unpaired) electrons. The first-order chi connectivity index (χ1) is 22.3. The third-order valence-electron chi connectivity index (χ3n) is 10.3. The van der Waals surface area contributed by atoms with Crippen LogP contribution in [0.5, 0.6) is 0 Å². The molecule has 1 nitrogen and oxygen atoms in total. The van der Waals surface area contributed by atoms with Crippen LogP contribution in [0.4, 0.5) is 0 Å². The van der Waals surface area contributed by atoms with E-state index >= 15 is 0 Å². The summed E-state index contributed by atoms with van der Waals surface area (Å²) < 4.78 is 0. The van der Waals surface area contributed by atoms with E-state index in [1.54, 1.807) is 0 Å². The summed E-state index contributed by atoms with van der Waals surface area (Å²) in [6, 6.07) is 49.4. The van der Waals surface area contributed by atoms with Crippen LogP contribution in [0.3, 0.4) is 0 Å². The molecule has 0 N–H and O–H groups in total. The Kier molecular flexibility index (Phi) is 5.24. The minimum Gasteiger partial charge on any atom is -0.256 e. The molecular weight excluding hydrogens is 542 g/mol. The fourth-order valence-electron chi connectivity index (χ4n) is 8.34. The maximum Gasteiger partial charge on any atom is 0.0789 e. The quantitative estimate of drug-likeness (QED) is 0.206. The molecule has 6 aromatic carbocycles. The highest BCUT2D eigenvalue weighted by atomic mass is 14.7. The number of nitrogens with zero attached hydrogens (tertiary/aromatic N) is 1. The molecule has 0 amide bonds. The number of hydrogen-bond acceptors (Lipinski definition) is 1. The smallest absolute Gasteiger partial charge is 0.0789 e. The van der Waals surface area contributed by atoms with Gasteiger partial charge in [-0.25, -0.2) is 0 Å². The van der Waals surface area contributed by atoms with Gasteiger partial charge in [0.2, 0.25) is 0 Å². The summed E-state index contributed by atoms with van der Waals surface area (Å²) in [5.74, 6) is 0. The van der Waals surface area contributed by atoms with Crippen LogP contribution < -0.4 is 0 Å². The molecule has 1 heterocycles. The highest BCUT2D eigenvalue weighted by Gasteiger charge is 2.29. The molecule has 210 valence electrons. The lowest BCUT2D eigenvalue weighted by Crippen LogP contribution is -2.00. The largest absolute Gasteiger partial charge is 0.256 e. The molecule has 0 fully saturated rings. The highest BCUT2D eigenvalue weighted by molar-refractivity contribution is 6.00. The highest BCUT2D eigenvalue weighted by Crippen LogP contribution is 2.51. The van der Waals surface area contributed by atoms with Crippen molar-refractivity contribution in [3.05, 3.63) is 173 Å². The van der Waals surface area contributed by atoms with Crippen molar-refractivity contribution in [1.29, 1.82) is 0 Å². The van der Waals surface area contributed by atoms with E-state index in [-0.39, 0.29) is 0 Å². The van der Waals surface area contributed by atoms with Gasteiger partial charge in [0.15, 0.2) is 0 Å². The summed E-state index contributed by atoms with van der Waals surface area (Å²) in [6.45, 7) is 0. The van der Waals surface area contributed by atoms with Gasteiger partial charge in [0.05, 0.1) is 5.69 Å². The molecule has 3 aliphatic carbocycles. The third kappa shape index (κ3) is 3.58. The summed E-state index contributed by atoms with van der Waals surface area (Å²) in [7, 11) is 0. The normalized spacial score (nSPS) is 13.1. The minimum atomic E-state index is 0.932. The average Bonchev–Trinajstić information content (AvgIpc) is 3.79. The maximum atomic E-state index is 5.26. The van der Waals surface area contributed by atoms with Crippen LogP contribution >= 0.6 is 0 Å². The number of benzene rings is 6. The van der Waals surface area contributed by atoms with E-state index in [0.29, 0.717) is 0 Å². The predicted molar refractivity (Wildman–Crippen MR) is 185 cm³/mol. The van der Waals surface area contributed by atoms with Crippen molar-refractivity contribution in [2.75, 3.05) is 0 Å². The van der Waals surface area contributed by atoms with Crippen molar-refractivity contribution in [3.8, 4) is 66.9 Å². The third-order valence-corrected chi connectivity index (χ3v) is 10.3. The van der Waals surface area contributed by atoms with Gasteiger partial charge in [-0.15, -0.1) is 0 Å². The molecule has 45 heavy (non-hydrogen) atoms. The van der Waals surface area contributed by atoms with E-state index in [4.69, 9.17) is 4.98 Å². The van der Waals surface area contributed by atoms with Gasteiger partial charge in [-0.05, 0) is 109 Å². The van der Waals surface area contributed by atoms with Gasteiger partial charge in [-0.2, -0.15) is 0 Å². The molecule has 0 saturated heterocycles. The zero-order chi connectivity index (χ0) is 29.5. The minimum absolute atomic E-state index is 0.932. The summed E-state index contributed by atoms with van der Waals surface area (Å²) in [4.78, 5) is 5.26. The van der Waals surface area contributed by atoms with Crippen molar-refractivity contribution in [1.82, 2.24) is 4.98 Å². The van der Waals surface area contributed by atoms with Crippen molar-refractivity contribution in [3.63, 3.8) is 0 Å². The Bertz CT molecular complexity index is 2240. The van der Waals surface area contributed by atoms with E-state index in [9.17, 15) is 0 Å². The first kappa shape index (κ1) is 24.9. The van der Waals surface area contributed by atoms with Crippen LogP contribution in [-0.4, -0.2) is 4.98 Å². The fourth-order valence-corrected chi connectivity index (χ4v) is 8.34. The zero-order valence-electron chi connectivity index (χ0n) is 24.8. The first-order valence-electron chi connectivity index (χ1n) is 15.9. The van der Waals surface area contributed by atoms with Gasteiger partial charge in [0, 0.05) is 17.3 Å². The molecule has 1 heteroatoms. The molecule has 0 aliphatic heterocycles. The molecule has 0 unspecified atom stereocenters. The van der Waals surface area contributed by atoms with Crippen LogP contribution in [0.1, 0.15) is 33.4 Å². The number of fused-ring (bicyclic) bond motifs is 9.